The van der Waals surface area contributed by atoms with Crippen molar-refractivity contribution in [3.05, 3.63) is 65.7 Å². The van der Waals surface area contributed by atoms with Gasteiger partial charge in [-0.3, -0.25) is 0 Å². The Morgan fingerprint density at radius 3 is 2.36 bits per heavy atom. The first kappa shape index (κ1) is 16.2. The number of nitrogens with zero attached hydrogens (tertiary/aromatic N) is 1. The SMILES string of the molecule is CC1C(c2ccccc2)C2CCCCC2N1c1ccc(C(=O)O)cc1. The maximum atomic E-state index is 11.1. The lowest BCUT2D eigenvalue weighted by Crippen LogP contribution is -2.37. The zero-order chi connectivity index (χ0) is 17.4. The monoisotopic (exact) mass is 335 g/mol. The summed E-state index contributed by atoms with van der Waals surface area (Å²) >= 11 is 0. The zero-order valence-electron chi connectivity index (χ0n) is 14.6. The second-order valence-electron chi connectivity index (χ2n) is 7.45. The standard InChI is InChI=1S/C22H25NO2/c1-15-21(16-7-3-2-4-8-16)19-9-5-6-10-20(19)23(15)18-13-11-17(12-14-18)22(24)25/h2-4,7-8,11-15,19-21H,5-6,9-10H2,1H3,(H,24,25). The molecule has 0 bridgehead atoms. The fourth-order valence-corrected chi connectivity index (χ4v) is 5.14. The van der Waals surface area contributed by atoms with Crippen LogP contribution in [0.5, 0.6) is 0 Å². The van der Waals surface area contributed by atoms with Crippen LogP contribution in [0.1, 0.15) is 54.4 Å². The molecule has 0 radical (unpaired) electrons. The number of carboxylic acids is 1. The molecule has 1 aliphatic heterocycles. The second-order valence-corrected chi connectivity index (χ2v) is 7.45. The molecule has 1 saturated heterocycles. The van der Waals surface area contributed by atoms with Crippen molar-refractivity contribution in [1.29, 1.82) is 0 Å². The Labute approximate surface area is 149 Å². The quantitative estimate of drug-likeness (QED) is 0.864. The summed E-state index contributed by atoms with van der Waals surface area (Å²) in [5.74, 6) is 0.370. The van der Waals surface area contributed by atoms with E-state index in [0.717, 1.165) is 5.69 Å². The van der Waals surface area contributed by atoms with Crippen LogP contribution in [0, 0.1) is 5.92 Å². The van der Waals surface area contributed by atoms with Gasteiger partial charge in [-0.15, -0.1) is 0 Å². The van der Waals surface area contributed by atoms with E-state index in [2.05, 4.69) is 42.2 Å². The van der Waals surface area contributed by atoms with Crippen molar-refractivity contribution in [1.82, 2.24) is 0 Å². The number of hydrogen-bond acceptors (Lipinski definition) is 2. The van der Waals surface area contributed by atoms with Crippen molar-refractivity contribution < 1.29 is 9.90 Å². The zero-order valence-corrected chi connectivity index (χ0v) is 14.6. The van der Waals surface area contributed by atoms with Gasteiger partial charge in [0.1, 0.15) is 0 Å². The number of carboxylic acid groups (broad SMARTS) is 1. The molecule has 3 nitrogen and oxygen atoms in total. The van der Waals surface area contributed by atoms with Crippen molar-refractivity contribution in [3.63, 3.8) is 0 Å². The van der Waals surface area contributed by atoms with Crippen molar-refractivity contribution >= 4 is 11.7 Å². The highest BCUT2D eigenvalue weighted by Gasteiger charge is 2.47. The molecule has 2 fully saturated rings. The summed E-state index contributed by atoms with van der Waals surface area (Å²) in [5, 5.41) is 9.16. The molecule has 4 rings (SSSR count). The lowest BCUT2D eigenvalue weighted by Gasteiger charge is -2.35. The topological polar surface area (TPSA) is 40.5 Å². The Morgan fingerprint density at radius 1 is 1.00 bits per heavy atom. The average Bonchev–Trinajstić information content (AvgIpc) is 2.94. The molecule has 25 heavy (non-hydrogen) atoms. The van der Waals surface area contributed by atoms with E-state index in [0.29, 0.717) is 29.5 Å². The van der Waals surface area contributed by atoms with E-state index < -0.39 is 5.97 Å². The third-order valence-electron chi connectivity index (χ3n) is 6.16. The van der Waals surface area contributed by atoms with Crippen LogP contribution >= 0.6 is 0 Å². The molecule has 2 aliphatic rings. The fraction of sp³-hybridized carbons (Fsp3) is 0.409. The van der Waals surface area contributed by atoms with Crippen molar-refractivity contribution in [2.75, 3.05) is 4.90 Å². The van der Waals surface area contributed by atoms with Gasteiger partial charge in [-0.1, -0.05) is 43.2 Å². The highest BCUT2D eigenvalue weighted by molar-refractivity contribution is 5.88. The Hall–Kier alpha value is -2.29. The molecule has 0 spiro atoms. The average molecular weight is 335 g/mol. The molecule has 130 valence electrons. The van der Waals surface area contributed by atoms with E-state index in [-0.39, 0.29) is 0 Å². The van der Waals surface area contributed by atoms with Crippen LogP contribution < -0.4 is 4.90 Å². The molecule has 1 aliphatic carbocycles. The minimum absolute atomic E-state index is 0.357. The number of fused-ring (bicyclic) bond motifs is 1. The van der Waals surface area contributed by atoms with Crippen molar-refractivity contribution in [2.24, 2.45) is 5.92 Å². The maximum absolute atomic E-state index is 11.1. The largest absolute Gasteiger partial charge is 0.478 e. The summed E-state index contributed by atoms with van der Waals surface area (Å²) in [4.78, 5) is 13.7. The third-order valence-corrected chi connectivity index (χ3v) is 6.16. The maximum Gasteiger partial charge on any atom is 0.335 e. The van der Waals surface area contributed by atoms with Crippen LogP contribution in [-0.4, -0.2) is 23.2 Å². The number of rotatable bonds is 3. The lowest BCUT2D eigenvalue weighted by atomic mass is 9.75. The second kappa shape index (κ2) is 6.55. The normalized spacial score (nSPS) is 28.6. The fourth-order valence-electron chi connectivity index (χ4n) is 5.14. The molecular weight excluding hydrogens is 310 g/mol. The summed E-state index contributed by atoms with van der Waals surface area (Å²) in [6.07, 6.45) is 5.14. The van der Waals surface area contributed by atoms with E-state index >= 15 is 0 Å². The summed E-state index contributed by atoms with van der Waals surface area (Å²) in [5.41, 5.74) is 2.96. The predicted molar refractivity (Wildman–Crippen MR) is 100 cm³/mol. The highest BCUT2D eigenvalue weighted by atomic mass is 16.4. The van der Waals surface area contributed by atoms with Crippen LogP contribution in [-0.2, 0) is 0 Å². The molecule has 0 amide bonds. The highest BCUT2D eigenvalue weighted by Crippen LogP contribution is 2.50. The van der Waals surface area contributed by atoms with E-state index in [1.807, 2.05) is 12.1 Å². The van der Waals surface area contributed by atoms with Gasteiger partial charge in [0, 0.05) is 23.7 Å². The van der Waals surface area contributed by atoms with Gasteiger partial charge in [-0.2, -0.15) is 0 Å². The van der Waals surface area contributed by atoms with Gasteiger partial charge in [0.05, 0.1) is 5.56 Å². The number of benzene rings is 2. The van der Waals surface area contributed by atoms with E-state index in [1.54, 1.807) is 12.1 Å². The van der Waals surface area contributed by atoms with Gasteiger partial charge in [0.15, 0.2) is 0 Å². The Morgan fingerprint density at radius 2 is 1.68 bits per heavy atom. The molecule has 1 saturated carbocycles. The minimum atomic E-state index is -0.862. The lowest BCUT2D eigenvalue weighted by molar-refractivity contribution is 0.0697. The van der Waals surface area contributed by atoms with E-state index in [4.69, 9.17) is 5.11 Å². The Bertz CT molecular complexity index is 740. The van der Waals surface area contributed by atoms with Crippen LogP contribution in [0.4, 0.5) is 5.69 Å². The molecule has 1 N–H and O–H groups in total. The van der Waals surface area contributed by atoms with Crippen LogP contribution in [0.15, 0.2) is 54.6 Å². The summed E-state index contributed by atoms with van der Waals surface area (Å²) in [6, 6.07) is 19.3. The molecule has 1 heterocycles. The Balaban J connectivity index is 1.70. The summed E-state index contributed by atoms with van der Waals surface area (Å²) in [6.45, 7) is 2.33. The molecule has 4 unspecified atom stereocenters. The number of carbonyl (C=O) groups is 1. The number of anilines is 1. The summed E-state index contributed by atoms with van der Waals surface area (Å²) in [7, 11) is 0. The third kappa shape index (κ3) is 2.82. The number of hydrogen-bond donors (Lipinski definition) is 1. The first-order chi connectivity index (χ1) is 12.2. The molecule has 4 atom stereocenters. The predicted octanol–water partition coefficient (Wildman–Crippen LogP) is 4.94. The summed E-state index contributed by atoms with van der Waals surface area (Å²) < 4.78 is 0. The van der Waals surface area contributed by atoms with E-state index in [1.165, 1.54) is 31.2 Å². The molecule has 2 aromatic rings. The van der Waals surface area contributed by atoms with Gasteiger partial charge in [0.25, 0.3) is 0 Å². The number of aromatic carboxylic acids is 1. The van der Waals surface area contributed by atoms with Crippen molar-refractivity contribution in [3.8, 4) is 0 Å². The van der Waals surface area contributed by atoms with Crippen molar-refractivity contribution in [2.45, 2.75) is 50.6 Å². The Kier molecular flexibility index (Phi) is 4.24. The first-order valence-corrected chi connectivity index (χ1v) is 9.33. The van der Waals surface area contributed by atoms with Crippen LogP contribution in [0.2, 0.25) is 0 Å². The molecular formula is C22H25NO2. The van der Waals surface area contributed by atoms with Gasteiger partial charge in [-0.05, 0) is 55.5 Å². The van der Waals surface area contributed by atoms with Crippen LogP contribution in [0.3, 0.4) is 0 Å². The molecule has 3 heteroatoms. The molecule has 2 aromatic carbocycles. The smallest absolute Gasteiger partial charge is 0.335 e. The van der Waals surface area contributed by atoms with E-state index in [9.17, 15) is 4.79 Å². The minimum Gasteiger partial charge on any atom is -0.478 e. The van der Waals surface area contributed by atoms with Gasteiger partial charge < -0.3 is 10.0 Å². The first-order valence-electron chi connectivity index (χ1n) is 9.33. The van der Waals surface area contributed by atoms with Gasteiger partial charge in [-0.25, -0.2) is 4.79 Å². The van der Waals surface area contributed by atoms with Crippen LogP contribution in [0.25, 0.3) is 0 Å². The van der Waals surface area contributed by atoms with Gasteiger partial charge in [0.2, 0.25) is 0 Å². The van der Waals surface area contributed by atoms with Gasteiger partial charge >= 0.3 is 5.97 Å². The molecule has 0 aromatic heterocycles.